The van der Waals surface area contributed by atoms with Gasteiger partial charge in [0, 0.05) is 5.56 Å². The Morgan fingerprint density at radius 3 is 2.53 bits per heavy atom. The topological polar surface area (TPSA) is 39.2 Å². The Labute approximate surface area is 106 Å². The molecule has 0 unspecified atom stereocenters. The third-order valence-electron chi connectivity index (χ3n) is 2.45. The molecule has 0 bridgehead atoms. The van der Waals surface area contributed by atoms with E-state index in [1.807, 2.05) is 0 Å². The van der Waals surface area contributed by atoms with Crippen LogP contribution in [-0.4, -0.2) is 18.1 Å². The number of aromatic nitrogens is 1. The van der Waals surface area contributed by atoms with Gasteiger partial charge in [0.05, 0.1) is 12.8 Å². The number of esters is 1. The Morgan fingerprint density at radius 2 is 1.84 bits per heavy atom. The molecule has 0 atom stereocenters. The second-order valence-electron chi connectivity index (χ2n) is 3.62. The highest BCUT2D eigenvalue weighted by Crippen LogP contribution is 2.23. The van der Waals surface area contributed by atoms with E-state index >= 15 is 0 Å². The van der Waals surface area contributed by atoms with E-state index in [0.29, 0.717) is 0 Å². The lowest BCUT2D eigenvalue weighted by Crippen LogP contribution is -2.08. The summed E-state index contributed by atoms with van der Waals surface area (Å²) in [4.78, 5) is 14.9. The first-order valence-electron chi connectivity index (χ1n) is 5.24. The van der Waals surface area contributed by atoms with Gasteiger partial charge >= 0.3 is 5.97 Å². The molecule has 2 rings (SSSR count). The number of halogens is 3. The minimum atomic E-state index is -1.11. The third-order valence-corrected chi connectivity index (χ3v) is 2.45. The van der Waals surface area contributed by atoms with Crippen LogP contribution in [0.2, 0.25) is 0 Å². The second-order valence-corrected chi connectivity index (χ2v) is 3.62. The first-order valence-corrected chi connectivity index (χ1v) is 5.24. The van der Waals surface area contributed by atoms with E-state index in [1.54, 1.807) is 0 Å². The molecule has 0 aliphatic carbocycles. The predicted molar refractivity (Wildman–Crippen MR) is 60.9 cm³/mol. The highest BCUT2D eigenvalue weighted by atomic mass is 19.2. The maximum Gasteiger partial charge on any atom is 0.359 e. The van der Waals surface area contributed by atoms with Crippen molar-refractivity contribution in [1.82, 2.24) is 4.98 Å². The van der Waals surface area contributed by atoms with Gasteiger partial charge in [-0.05, 0) is 24.3 Å². The molecular formula is C13H8F3NO2. The zero-order valence-electron chi connectivity index (χ0n) is 9.78. The third kappa shape index (κ3) is 2.42. The van der Waals surface area contributed by atoms with E-state index in [2.05, 4.69) is 9.72 Å². The van der Waals surface area contributed by atoms with Crippen LogP contribution in [0.3, 0.4) is 0 Å². The number of ether oxygens (including phenoxy) is 1. The molecule has 2 aromatic rings. The lowest BCUT2D eigenvalue weighted by atomic mass is 10.1. The molecule has 0 radical (unpaired) electrons. The van der Waals surface area contributed by atoms with Gasteiger partial charge in [-0.15, -0.1) is 0 Å². The Balaban J connectivity index is 2.58. The summed E-state index contributed by atoms with van der Waals surface area (Å²) in [6.07, 6.45) is 0. The maximum atomic E-state index is 13.6. The summed E-state index contributed by atoms with van der Waals surface area (Å²) in [6, 6.07) is 5.61. The number of carbonyl (C=O) groups is 1. The highest BCUT2D eigenvalue weighted by Gasteiger charge is 2.17. The van der Waals surface area contributed by atoms with Crippen LogP contribution < -0.4 is 0 Å². The highest BCUT2D eigenvalue weighted by molar-refractivity contribution is 5.88. The molecule has 1 heterocycles. The van der Waals surface area contributed by atoms with Crippen molar-refractivity contribution in [3.05, 3.63) is 53.5 Å². The molecule has 6 heteroatoms. The van der Waals surface area contributed by atoms with Gasteiger partial charge in [-0.3, -0.25) is 0 Å². The van der Waals surface area contributed by atoms with E-state index in [-0.39, 0.29) is 11.3 Å². The van der Waals surface area contributed by atoms with E-state index in [9.17, 15) is 18.0 Å². The smallest absolute Gasteiger partial charge is 0.359 e. The van der Waals surface area contributed by atoms with Crippen molar-refractivity contribution in [1.29, 1.82) is 0 Å². The number of rotatable bonds is 2. The number of pyridine rings is 1. The van der Waals surface area contributed by atoms with Gasteiger partial charge in [-0.1, -0.05) is 6.07 Å². The second kappa shape index (κ2) is 5.09. The fourth-order valence-electron chi connectivity index (χ4n) is 1.53. The molecule has 0 saturated heterocycles. The van der Waals surface area contributed by atoms with Crippen LogP contribution >= 0.6 is 0 Å². The Morgan fingerprint density at radius 1 is 1.11 bits per heavy atom. The molecule has 0 spiro atoms. The summed E-state index contributed by atoms with van der Waals surface area (Å²) in [7, 11) is 1.07. The molecular weight excluding hydrogens is 259 g/mol. The Kier molecular flexibility index (Phi) is 3.50. The molecule has 1 aromatic carbocycles. The molecule has 0 fully saturated rings. The van der Waals surface area contributed by atoms with Gasteiger partial charge in [0.25, 0.3) is 0 Å². The van der Waals surface area contributed by atoms with Crippen molar-refractivity contribution in [2.45, 2.75) is 0 Å². The first-order chi connectivity index (χ1) is 9.04. The van der Waals surface area contributed by atoms with Crippen molar-refractivity contribution < 1.29 is 22.7 Å². The summed E-state index contributed by atoms with van der Waals surface area (Å²) in [5, 5.41) is 0. The minimum absolute atomic E-state index is 0.0567. The van der Waals surface area contributed by atoms with E-state index in [0.717, 1.165) is 25.3 Å². The molecule has 0 amide bonds. The number of carbonyl (C=O) groups excluding carboxylic acids is 1. The maximum absolute atomic E-state index is 13.6. The Bertz CT molecular complexity index is 644. The number of hydrogen-bond donors (Lipinski definition) is 0. The summed E-state index contributed by atoms with van der Waals surface area (Å²) < 4.78 is 44.4. The van der Waals surface area contributed by atoms with Gasteiger partial charge in [0.15, 0.2) is 23.1 Å². The zero-order chi connectivity index (χ0) is 14.0. The monoisotopic (exact) mass is 267 g/mol. The summed E-state index contributed by atoms with van der Waals surface area (Å²) in [5.41, 5.74) is -0.799. The molecule has 19 heavy (non-hydrogen) atoms. The molecule has 0 N–H and O–H groups in total. The van der Waals surface area contributed by atoms with Crippen molar-refractivity contribution in [2.24, 2.45) is 0 Å². The van der Waals surface area contributed by atoms with Gasteiger partial charge in [-0.25, -0.2) is 22.9 Å². The molecule has 3 nitrogen and oxygen atoms in total. The Hall–Kier alpha value is -2.37. The lowest BCUT2D eigenvalue weighted by molar-refractivity contribution is 0.0588. The summed E-state index contributed by atoms with van der Waals surface area (Å²) in [5.74, 6) is -4.05. The van der Waals surface area contributed by atoms with Crippen molar-refractivity contribution >= 4 is 5.97 Å². The quantitative estimate of drug-likeness (QED) is 0.785. The van der Waals surface area contributed by atoms with Crippen molar-refractivity contribution in [3.8, 4) is 11.3 Å². The van der Waals surface area contributed by atoms with Gasteiger partial charge < -0.3 is 4.74 Å². The molecule has 1 aromatic heterocycles. The normalized spacial score (nSPS) is 10.3. The van der Waals surface area contributed by atoms with Crippen LogP contribution in [0.1, 0.15) is 10.5 Å². The van der Waals surface area contributed by atoms with Crippen LogP contribution in [0, 0.1) is 17.5 Å². The summed E-state index contributed by atoms with van der Waals surface area (Å²) >= 11 is 0. The number of nitrogens with zero attached hydrogens (tertiary/aromatic N) is 1. The van der Waals surface area contributed by atoms with Gasteiger partial charge in [0.2, 0.25) is 0 Å². The molecule has 0 aliphatic heterocycles. The van der Waals surface area contributed by atoms with E-state index in [4.69, 9.17) is 0 Å². The van der Waals surface area contributed by atoms with E-state index in [1.165, 1.54) is 12.1 Å². The largest absolute Gasteiger partial charge is 0.464 e. The molecule has 0 aliphatic rings. The van der Waals surface area contributed by atoms with Crippen molar-refractivity contribution in [3.63, 3.8) is 0 Å². The van der Waals surface area contributed by atoms with E-state index < -0.39 is 29.1 Å². The summed E-state index contributed by atoms with van der Waals surface area (Å²) in [6.45, 7) is 0. The molecule has 98 valence electrons. The average molecular weight is 267 g/mol. The van der Waals surface area contributed by atoms with Crippen LogP contribution in [0.15, 0.2) is 30.3 Å². The van der Waals surface area contributed by atoms with Crippen LogP contribution in [-0.2, 0) is 4.74 Å². The lowest BCUT2D eigenvalue weighted by Gasteiger charge is -2.06. The predicted octanol–water partition coefficient (Wildman–Crippen LogP) is 2.95. The fourth-order valence-corrected chi connectivity index (χ4v) is 1.53. The fraction of sp³-hybridized carbons (Fsp3) is 0.0769. The van der Waals surface area contributed by atoms with Crippen LogP contribution in [0.5, 0.6) is 0 Å². The minimum Gasteiger partial charge on any atom is -0.464 e. The van der Waals surface area contributed by atoms with Crippen molar-refractivity contribution in [2.75, 3.05) is 7.11 Å². The van der Waals surface area contributed by atoms with Crippen LogP contribution in [0.4, 0.5) is 13.2 Å². The number of methoxy groups -OCH3 is 1. The average Bonchev–Trinajstić information content (AvgIpc) is 2.42. The number of benzene rings is 1. The van der Waals surface area contributed by atoms with Gasteiger partial charge in [0.1, 0.15) is 0 Å². The number of hydrogen-bond acceptors (Lipinski definition) is 3. The first kappa shape index (κ1) is 13.1. The SMILES string of the molecule is COC(=O)c1nc(-c2cccc(F)c2F)ccc1F. The standard InChI is InChI=1S/C13H8F3NO2/c1-19-13(18)12-9(15)5-6-10(17-12)7-3-2-4-8(14)11(7)16/h2-6H,1H3. The zero-order valence-corrected chi connectivity index (χ0v) is 9.78. The van der Waals surface area contributed by atoms with Gasteiger partial charge in [-0.2, -0.15) is 0 Å². The van der Waals surface area contributed by atoms with Crippen LogP contribution in [0.25, 0.3) is 11.3 Å². The molecule has 0 saturated carbocycles.